The van der Waals surface area contributed by atoms with E-state index in [1.54, 1.807) is 18.2 Å². The van der Waals surface area contributed by atoms with E-state index in [0.717, 1.165) is 43.1 Å². The number of hydrogen-bond donors (Lipinski definition) is 0. The van der Waals surface area contributed by atoms with E-state index in [0.29, 0.717) is 30.1 Å². The number of carbonyl (C=O) groups excluding carboxylic acids is 1. The number of benzene rings is 2. The third-order valence-electron chi connectivity index (χ3n) is 6.88. The Hall–Kier alpha value is -3.75. The van der Waals surface area contributed by atoms with Crippen molar-refractivity contribution in [3.63, 3.8) is 0 Å². The average Bonchev–Trinajstić information content (AvgIpc) is 3.50. The number of aromatic nitrogens is 2. The lowest BCUT2D eigenvalue weighted by molar-refractivity contribution is -0.183. The van der Waals surface area contributed by atoms with Gasteiger partial charge in [-0.1, -0.05) is 0 Å². The van der Waals surface area contributed by atoms with Crippen molar-refractivity contribution >= 4 is 16.8 Å². The molecule has 0 unspecified atom stereocenters. The predicted molar refractivity (Wildman–Crippen MR) is 121 cm³/mol. The van der Waals surface area contributed by atoms with Crippen molar-refractivity contribution in [2.24, 2.45) is 11.8 Å². The highest BCUT2D eigenvalue weighted by atomic mass is 19.1. The quantitative estimate of drug-likeness (QED) is 0.569. The van der Waals surface area contributed by atoms with Crippen LogP contribution in [0, 0.1) is 40.3 Å². The lowest BCUT2D eigenvalue weighted by Gasteiger charge is -2.32. The van der Waals surface area contributed by atoms with E-state index < -0.39 is 5.82 Å². The summed E-state index contributed by atoms with van der Waals surface area (Å²) < 4.78 is 15.9. The van der Waals surface area contributed by atoms with Gasteiger partial charge in [0.2, 0.25) is 5.91 Å². The van der Waals surface area contributed by atoms with Gasteiger partial charge in [-0.05, 0) is 73.6 Å². The van der Waals surface area contributed by atoms with Crippen molar-refractivity contribution in [2.75, 3.05) is 6.61 Å². The molecule has 0 bridgehead atoms. The Labute approximate surface area is 196 Å². The molecule has 1 aliphatic heterocycles. The largest absolute Gasteiger partial charge is 0.272 e. The van der Waals surface area contributed by atoms with Crippen LogP contribution in [-0.4, -0.2) is 27.4 Å². The summed E-state index contributed by atoms with van der Waals surface area (Å²) in [5.41, 5.74) is 2.25. The van der Waals surface area contributed by atoms with E-state index in [9.17, 15) is 9.18 Å². The Morgan fingerprint density at radius 3 is 2.62 bits per heavy atom. The van der Waals surface area contributed by atoms with Crippen LogP contribution in [0.15, 0.2) is 42.6 Å². The van der Waals surface area contributed by atoms with Gasteiger partial charge in [0.1, 0.15) is 5.82 Å². The standard InChI is InChI=1S/C26H24FN5O2/c27-23-10-19(14-29)9-22(12-23)25-7-8-34-32(25)26(33)20-4-1-17(2-5-20)15-31-16-21-6-3-18(13-28)11-24(21)30-31/h3,6,9-12,16-17,20,25H,1-2,4-5,7-8,15H2/t17?,20?,25-/m0/s1. The van der Waals surface area contributed by atoms with Crippen molar-refractivity contribution < 1.29 is 14.0 Å². The molecule has 7 nitrogen and oxygen atoms in total. The number of fused-ring (bicyclic) bond motifs is 1. The van der Waals surface area contributed by atoms with Gasteiger partial charge in [-0.3, -0.25) is 14.3 Å². The normalized spacial score (nSPS) is 22.4. The first-order valence-electron chi connectivity index (χ1n) is 11.6. The summed E-state index contributed by atoms with van der Waals surface area (Å²) in [4.78, 5) is 18.9. The van der Waals surface area contributed by atoms with E-state index in [1.165, 1.54) is 17.2 Å². The molecule has 1 aromatic heterocycles. The number of hydroxylamine groups is 2. The van der Waals surface area contributed by atoms with Gasteiger partial charge in [0.25, 0.3) is 0 Å². The van der Waals surface area contributed by atoms with Gasteiger partial charge in [-0.25, -0.2) is 9.45 Å². The number of amides is 1. The Morgan fingerprint density at radius 1 is 1.06 bits per heavy atom. The smallest absolute Gasteiger partial charge is 0.249 e. The summed E-state index contributed by atoms with van der Waals surface area (Å²) in [6.07, 6.45) is 5.94. The van der Waals surface area contributed by atoms with Gasteiger partial charge in [-0.2, -0.15) is 15.6 Å². The second kappa shape index (κ2) is 9.24. The number of nitrogens with zero attached hydrogens (tertiary/aromatic N) is 5. The van der Waals surface area contributed by atoms with Gasteiger partial charge in [0.05, 0.1) is 41.4 Å². The predicted octanol–water partition coefficient (Wildman–Crippen LogP) is 4.63. The van der Waals surface area contributed by atoms with Crippen molar-refractivity contribution in [3.05, 3.63) is 65.1 Å². The fourth-order valence-electron chi connectivity index (χ4n) is 5.13. The molecule has 2 fully saturated rings. The van der Waals surface area contributed by atoms with E-state index in [1.807, 2.05) is 23.0 Å². The fourth-order valence-corrected chi connectivity index (χ4v) is 5.13. The molecule has 172 valence electrons. The number of hydrogen-bond acceptors (Lipinski definition) is 5. The molecule has 1 saturated carbocycles. The summed E-state index contributed by atoms with van der Waals surface area (Å²) >= 11 is 0. The Morgan fingerprint density at radius 2 is 1.85 bits per heavy atom. The minimum Gasteiger partial charge on any atom is -0.272 e. The van der Waals surface area contributed by atoms with Crippen LogP contribution in [-0.2, 0) is 16.2 Å². The molecular weight excluding hydrogens is 433 g/mol. The van der Waals surface area contributed by atoms with Crippen LogP contribution >= 0.6 is 0 Å². The molecule has 5 rings (SSSR count). The maximum absolute atomic E-state index is 14.0. The van der Waals surface area contributed by atoms with Crippen LogP contribution in [0.5, 0.6) is 0 Å². The molecule has 3 aromatic rings. The SMILES string of the molecule is N#Cc1cc(F)cc([C@@H]2CCON2C(=O)C2CCC(Cn3cc4ccc(C#N)cc4n3)CC2)c1. The number of halogens is 1. The average molecular weight is 458 g/mol. The van der Waals surface area contributed by atoms with Crippen LogP contribution in [0.1, 0.15) is 54.8 Å². The van der Waals surface area contributed by atoms with E-state index in [4.69, 9.17) is 15.4 Å². The topological polar surface area (TPSA) is 94.9 Å². The molecule has 2 aromatic carbocycles. The lowest BCUT2D eigenvalue weighted by atomic mass is 9.81. The van der Waals surface area contributed by atoms with Crippen LogP contribution in [0.25, 0.3) is 10.9 Å². The lowest BCUT2D eigenvalue weighted by Crippen LogP contribution is -2.37. The molecule has 1 aliphatic carbocycles. The second-order valence-corrected chi connectivity index (χ2v) is 9.14. The Bertz CT molecular complexity index is 1310. The Kier molecular flexibility index (Phi) is 6.00. The minimum atomic E-state index is -0.482. The number of rotatable bonds is 4. The zero-order valence-electron chi connectivity index (χ0n) is 18.7. The molecular formula is C26H24FN5O2. The molecule has 1 atom stereocenters. The molecule has 2 aliphatic rings. The van der Waals surface area contributed by atoms with Crippen LogP contribution in [0.2, 0.25) is 0 Å². The van der Waals surface area contributed by atoms with Gasteiger partial charge in [-0.15, -0.1) is 0 Å². The highest BCUT2D eigenvalue weighted by Gasteiger charge is 2.37. The van der Waals surface area contributed by atoms with Crippen LogP contribution in [0.4, 0.5) is 4.39 Å². The number of carbonyl (C=O) groups is 1. The number of nitriles is 2. The van der Waals surface area contributed by atoms with E-state index in [-0.39, 0.29) is 23.4 Å². The van der Waals surface area contributed by atoms with Crippen molar-refractivity contribution in [3.8, 4) is 12.1 Å². The molecule has 0 spiro atoms. The summed E-state index contributed by atoms with van der Waals surface area (Å²) in [6.45, 7) is 1.17. The highest BCUT2D eigenvalue weighted by molar-refractivity contribution is 5.79. The van der Waals surface area contributed by atoms with Crippen LogP contribution < -0.4 is 0 Å². The highest BCUT2D eigenvalue weighted by Crippen LogP contribution is 2.37. The first-order valence-corrected chi connectivity index (χ1v) is 11.6. The Balaban J connectivity index is 1.21. The van der Waals surface area contributed by atoms with Crippen molar-refractivity contribution in [1.82, 2.24) is 14.8 Å². The first-order chi connectivity index (χ1) is 16.5. The maximum atomic E-state index is 14.0. The molecule has 0 radical (unpaired) electrons. The van der Waals surface area contributed by atoms with E-state index in [2.05, 4.69) is 11.2 Å². The molecule has 34 heavy (non-hydrogen) atoms. The summed E-state index contributed by atoms with van der Waals surface area (Å²) in [5.74, 6) is -0.247. The summed E-state index contributed by atoms with van der Waals surface area (Å²) in [6, 6.07) is 13.5. The molecule has 8 heteroatoms. The van der Waals surface area contributed by atoms with Gasteiger partial charge in [0, 0.05) is 30.5 Å². The monoisotopic (exact) mass is 457 g/mol. The van der Waals surface area contributed by atoms with E-state index >= 15 is 0 Å². The van der Waals surface area contributed by atoms with Gasteiger partial charge >= 0.3 is 0 Å². The summed E-state index contributed by atoms with van der Waals surface area (Å²) in [7, 11) is 0. The molecule has 1 saturated heterocycles. The molecule has 0 N–H and O–H groups in total. The van der Waals surface area contributed by atoms with Gasteiger partial charge < -0.3 is 0 Å². The van der Waals surface area contributed by atoms with Crippen molar-refractivity contribution in [2.45, 2.75) is 44.7 Å². The second-order valence-electron chi connectivity index (χ2n) is 9.14. The fraction of sp³-hybridized carbons (Fsp3) is 0.385. The zero-order chi connectivity index (χ0) is 23.7. The van der Waals surface area contributed by atoms with Gasteiger partial charge in [0.15, 0.2) is 0 Å². The third kappa shape index (κ3) is 4.37. The third-order valence-corrected chi connectivity index (χ3v) is 6.88. The maximum Gasteiger partial charge on any atom is 0.249 e. The molecule has 1 amide bonds. The van der Waals surface area contributed by atoms with Crippen molar-refractivity contribution in [1.29, 1.82) is 10.5 Å². The zero-order valence-corrected chi connectivity index (χ0v) is 18.7. The first kappa shape index (κ1) is 22.1. The minimum absolute atomic E-state index is 0.0578. The molecule has 2 heterocycles. The summed E-state index contributed by atoms with van der Waals surface area (Å²) in [5, 5.41) is 25.3. The van der Waals surface area contributed by atoms with Crippen LogP contribution in [0.3, 0.4) is 0 Å².